The van der Waals surface area contributed by atoms with E-state index in [1.807, 2.05) is 12.1 Å². The van der Waals surface area contributed by atoms with Crippen molar-refractivity contribution >= 4 is 11.9 Å². The fraction of sp³-hybridized carbons (Fsp3) is 0.529. The molecule has 1 aliphatic rings. The summed E-state index contributed by atoms with van der Waals surface area (Å²) in [6.45, 7) is 1.41. The van der Waals surface area contributed by atoms with Gasteiger partial charge in [0.1, 0.15) is 0 Å². The van der Waals surface area contributed by atoms with Gasteiger partial charge in [0.15, 0.2) is 5.54 Å². The number of methoxy groups -OCH3 is 1. The summed E-state index contributed by atoms with van der Waals surface area (Å²) in [4.78, 5) is 23.5. The van der Waals surface area contributed by atoms with Gasteiger partial charge in [-0.05, 0) is 43.2 Å². The van der Waals surface area contributed by atoms with Gasteiger partial charge in [0.25, 0.3) is 0 Å². The second-order valence-electron chi connectivity index (χ2n) is 6.20. The summed E-state index contributed by atoms with van der Waals surface area (Å²) >= 11 is 0. The van der Waals surface area contributed by atoms with Crippen LogP contribution in [0.5, 0.6) is 0 Å². The molecule has 2 unspecified atom stereocenters. The van der Waals surface area contributed by atoms with E-state index in [1.165, 1.54) is 25.2 Å². The molecule has 0 aromatic heterocycles. The summed E-state index contributed by atoms with van der Waals surface area (Å²) in [6.07, 6.45) is 3.15. The van der Waals surface area contributed by atoms with Crippen molar-refractivity contribution in [2.24, 2.45) is 5.92 Å². The Morgan fingerprint density at radius 1 is 1.36 bits per heavy atom. The van der Waals surface area contributed by atoms with Crippen molar-refractivity contribution in [3.05, 3.63) is 35.4 Å². The van der Waals surface area contributed by atoms with E-state index in [1.54, 1.807) is 0 Å². The van der Waals surface area contributed by atoms with Crippen LogP contribution in [0.1, 0.15) is 30.9 Å². The van der Waals surface area contributed by atoms with Gasteiger partial charge in [0, 0.05) is 13.5 Å². The van der Waals surface area contributed by atoms with Gasteiger partial charge in [-0.2, -0.15) is 0 Å². The van der Waals surface area contributed by atoms with Gasteiger partial charge in [-0.15, -0.1) is 0 Å². The predicted octanol–water partition coefficient (Wildman–Crippen LogP) is 1.79. The second-order valence-corrected chi connectivity index (χ2v) is 6.20. The van der Waals surface area contributed by atoms with Crippen LogP contribution >= 0.6 is 0 Å². The number of hydrogen-bond acceptors (Lipinski definition) is 3. The Hall–Kier alpha value is -1.88. The summed E-state index contributed by atoms with van der Waals surface area (Å²) in [7, 11) is 1.42. The SMILES string of the molecule is COCC(C)(NC(=O)CC1CCc2ccccc2C1)C(=O)O. The number of benzene rings is 1. The quantitative estimate of drug-likeness (QED) is 0.840. The van der Waals surface area contributed by atoms with Crippen LogP contribution in [0.3, 0.4) is 0 Å². The van der Waals surface area contributed by atoms with Gasteiger partial charge in [-0.3, -0.25) is 4.79 Å². The number of hydrogen-bond donors (Lipinski definition) is 2. The number of nitrogens with one attached hydrogen (secondary N) is 1. The Labute approximate surface area is 130 Å². The summed E-state index contributed by atoms with van der Waals surface area (Å²) in [5, 5.41) is 11.9. The van der Waals surface area contributed by atoms with E-state index in [0.717, 1.165) is 19.3 Å². The van der Waals surface area contributed by atoms with Gasteiger partial charge in [-0.1, -0.05) is 24.3 Å². The third kappa shape index (κ3) is 3.85. The van der Waals surface area contributed by atoms with Crippen molar-refractivity contribution in [2.75, 3.05) is 13.7 Å². The molecule has 0 saturated heterocycles. The molecule has 2 rings (SSSR count). The number of carbonyl (C=O) groups is 2. The standard InChI is InChI=1S/C17H23NO4/c1-17(11-22-2,16(20)21)18-15(19)10-12-7-8-13-5-3-4-6-14(13)9-12/h3-6,12H,7-11H2,1-2H3,(H,18,19)(H,20,21). The van der Waals surface area contributed by atoms with Gasteiger partial charge in [-0.25, -0.2) is 4.79 Å². The molecule has 0 saturated carbocycles. The van der Waals surface area contributed by atoms with Crippen molar-refractivity contribution in [1.82, 2.24) is 5.32 Å². The zero-order valence-corrected chi connectivity index (χ0v) is 13.1. The lowest BCUT2D eigenvalue weighted by atomic mass is 9.82. The molecule has 1 aromatic carbocycles. The number of fused-ring (bicyclic) bond motifs is 1. The van der Waals surface area contributed by atoms with Crippen LogP contribution in [0.4, 0.5) is 0 Å². The molecule has 0 heterocycles. The maximum Gasteiger partial charge on any atom is 0.331 e. The summed E-state index contributed by atoms with van der Waals surface area (Å²) < 4.78 is 4.91. The van der Waals surface area contributed by atoms with Gasteiger partial charge in [0.05, 0.1) is 6.61 Å². The number of aliphatic carboxylic acids is 1. The van der Waals surface area contributed by atoms with E-state index >= 15 is 0 Å². The number of carbonyl (C=O) groups excluding carboxylic acids is 1. The van der Waals surface area contributed by atoms with Crippen LogP contribution in [0.2, 0.25) is 0 Å². The first-order valence-electron chi connectivity index (χ1n) is 7.55. The van der Waals surface area contributed by atoms with Crippen molar-refractivity contribution in [3.63, 3.8) is 0 Å². The average molecular weight is 305 g/mol. The van der Waals surface area contributed by atoms with Crippen LogP contribution < -0.4 is 5.32 Å². The summed E-state index contributed by atoms with van der Waals surface area (Å²) in [5.41, 5.74) is 1.27. The highest BCUT2D eigenvalue weighted by Crippen LogP contribution is 2.27. The van der Waals surface area contributed by atoms with E-state index in [-0.39, 0.29) is 18.4 Å². The molecule has 0 spiro atoms. The molecular weight excluding hydrogens is 282 g/mol. The van der Waals surface area contributed by atoms with Crippen LogP contribution in [-0.2, 0) is 27.2 Å². The lowest BCUT2D eigenvalue weighted by Gasteiger charge is -2.28. The number of carboxylic acids is 1. The largest absolute Gasteiger partial charge is 0.479 e. The highest BCUT2D eigenvalue weighted by atomic mass is 16.5. The number of rotatable bonds is 6. The molecule has 22 heavy (non-hydrogen) atoms. The molecule has 2 N–H and O–H groups in total. The Morgan fingerprint density at radius 2 is 2.05 bits per heavy atom. The molecule has 5 heteroatoms. The highest BCUT2D eigenvalue weighted by molar-refractivity contribution is 5.86. The zero-order chi connectivity index (χ0) is 16.2. The Kier molecular flexibility index (Phi) is 5.19. The number of carboxylic acid groups (broad SMARTS) is 1. The lowest BCUT2D eigenvalue weighted by molar-refractivity contribution is -0.149. The van der Waals surface area contributed by atoms with E-state index in [4.69, 9.17) is 4.74 Å². The van der Waals surface area contributed by atoms with Crippen molar-refractivity contribution in [2.45, 2.75) is 38.1 Å². The van der Waals surface area contributed by atoms with Crippen LogP contribution in [0.15, 0.2) is 24.3 Å². The third-order valence-corrected chi connectivity index (χ3v) is 4.24. The molecule has 2 atom stereocenters. The van der Waals surface area contributed by atoms with Gasteiger partial charge in [0.2, 0.25) is 5.91 Å². The fourth-order valence-corrected chi connectivity index (χ4v) is 3.01. The Balaban J connectivity index is 1.94. The lowest BCUT2D eigenvalue weighted by Crippen LogP contribution is -2.55. The van der Waals surface area contributed by atoms with Crippen molar-refractivity contribution in [1.29, 1.82) is 0 Å². The number of aryl methyl sites for hydroxylation is 1. The Morgan fingerprint density at radius 3 is 2.68 bits per heavy atom. The average Bonchev–Trinajstić information content (AvgIpc) is 2.47. The van der Waals surface area contributed by atoms with E-state index in [2.05, 4.69) is 17.4 Å². The molecule has 0 fully saturated rings. The van der Waals surface area contributed by atoms with Crippen LogP contribution in [0.25, 0.3) is 0 Å². The van der Waals surface area contributed by atoms with E-state index < -0.39 is 11.5 Å². The zero-order valence-electron chi connectivity index (χ0n) is 13.1. The number of amides is 1. The minimum Gasteiger partial charge on any atom is -0.479 e. The third-order valence-electron chi connectivity index (χ3n) is 4.24. The minimum absolute atomic E-state index is 0.0540. The topological polar surface area (TPSA) is 75.6 Å². The molecule has 1 amide bonds. The van der Waals surface area contributed by atoms with Gasteiger partial charge < -0.3 is 15.2 Å². The molecule has 0 aliphatic heterocycles. The van der Waals surface area contributed by atoms with Crippen molar-refractivity contribution in [3.8, 4) is 0 Å². The summed E-state index contributed by atoms with van der Waals surface area (Å²) in [6, 6.07) is 8.29. The predicted molar refractivity (Wildman–Crippen MR) is 82.6 cm³/mol. The monoisotopic (exact) mass is 305 g/mol. The highest BCUT2D eigenvalue weighted by Gasteiger charge is 2.35. The van der Waals surface area contributed by atoms with Crippen LogP contribution in [0, 0.1) is 5.92 Å². The first-order valence-corrected chi connectivity index (χ1v) is 7.55. The van der Waals surface area contributed by atoms with E-state index in [0.29, 0.717) is 6.42 Å². The number of ether oxygens (including phenoxy) is 1. The molecule has 5 nitrogen and oxygen atoms in total. The maximum atomic E-state index is 12.2. The van der Waals surface area contributed by atoms with Gasteiger partial charge >= 0.3 is 5.97 Å². The molecule has 1 aliphatic carbocycles. The first-order chi connectivity index (χ1) is 10.4. The second kappa shape index (κ2) is 6.92. The van der Waals surface area contributed by atoms with E-state index in [9.17, 15) is 14.7 Å². The molecule has 1 aromatic rings. The molecular formula is C17H23NO4. The Bertz CT molecular complexity index is 557. The molecule has 120 valence electrons. The maximum absolute atomic E-state index is 12.2. The van der Waals surface area contributed by atoms with Crippen LogP contribution in [-0.4, -0.2) is 36.2 Å². The smallest absolute Gasteiger partial charge is 0.331 e. The summed E-state index contributed by atoms with van der Waals surface area (Å²) in [5.74, 6) is -1.06. The first kappa shape index (κ1) is 16.5. The van der Waals surface area contributed by atoms with Crippen molar-refractivity contribution < 1.29 is 19.4 Å². The molecule has 0 bridgehead atoms. The fourth-order valence-electron chi connectivity index (χ4n) is 3.01. The minimum atomic E-state index is -1.38. The molecule has 0 radical (unpaired) electrons. The normalized spacial score (nSPS) is 19.8.